The molecule has 0 spiro atoms. The summed E-state index contributed by atoms with van der Waals surface area (Å²) in [6.45, 7) is 0. The predicted molar refractivity (Wildman–Crippen MR) is 364 cm³/mol. The average molecular weight is 1090 g/mol. The zero-order valence-corrected chi connectivity index (χ0v) is 47.2. The van der Waals surface area contributed by atoms with E-state index in [0.717, 1.165) is 44.6 Å². The van der Waals surface area contributed by atoms with Crippen LogP contribution in [0.2, 0.25) is 0 Å². The second kappa shape index (κ2) is 21.5. The van der Waals surface area contributed by atoms with E-state index in [-0.39, 0.29) is 0 Å². The number of aromatic nitrogens is 2. The van der Waals surface area contributed by atoms with Gasteiger partial charge in [0.25, 0.3) is 0 Å². The minimum Gasteiger partial charge on any atom is -0.307 e. The van der Waals surface area contributed by atoms with Crippen LogP contribution >= 0.6 is 0 Å². The normalized spacial score (nSPS) is 11.5. The van der Waals surface area contributed by atoms with E-state index in [0.29, 0.717) is 0 Å². The maximum atomic E-state index is 2.56. The Bertz CT molecular complexity index is 4910. The molecule has 2 heterocycles. The van der Waals surface area contributed by atoms with Crippen molar-refractivity contribution in [1.29, 1.82) is 0 Å². The van der Waals surface area contributed by atoms with Crippen LogP contribution in [0.1, 0.15) is 0 Å². The van der Waals surface area contributed by atoms with Crippen molar-refractivity contribution in [3.63, 3.8) is 0 Å². The molecule has 0 aliphatic heterocycles. The molecule has 0 saturated heterocycles. The first kappa shape index (κ1) is 50.4. The van der Waals surface area contributed by atoms with Gasteiger partial charge in [-0.1, -0.05) is 285 Å². The van der Waals surface area contributed by atoms with E-state index in [2.05, 4.69) is 349 Å². The van der Waals surface area contributed by atoms with Gasteiger partial charge >= 0.3 is 0 Å². The van der Waals surface area contributed by atoms with Crippen LogP contribution in [0, 0.1) is 0 Å². The van der Waals surface area contributed by atoms with E-state index in [9.17, 15) is 0 Å². The lowest BCUT2D eigenvalue weighted by Gasteiger charge is -2.21. The van der Waals surface area contributed by atoms with Crippen molar-refractivity contribution in [2.45, 2.75) is 0 Å². The summed E-state index contributed by atoms with van der Waals surface area (Å²) >= 11 is 0. The lowest BCUT2D eigenvalue weighted by atomic mass is 9.92. The van der Waals surface area contributed by atoms with Crippen LogP contribution in [0.4, 0.5) is 0 Å². The molecule has 0 fully saturated rings. The van der Waals surface area contributed by atoms with E-state index in [4.69, 9.17) is 0 Å². The highest BCUT2D eigenvalue weighted by atomic mass is 15.1. The quantitative estimate of drug-likeness (QED) is 0.122. The van der Waals surface area contributed by atoms with Gasteiger partial charge in [0.2, 0.25) is 0 Å². The van der Waals surface area contributed by atoms with E-state index in [1.54, 1.807) is 0 Å². The Balaban J connectivity index is 0.990. The van der Waals surface area contributed by atoms with Crippen LogP contribution in [-0.4, -0.2) is 9.13 Å². The van der Waals surface area contributed by atoms with E-state index in [1.165, 1.54) is 111 Å². The largest absolute Gasteiger partial charge is 0.307 e. The van der Waals surface area contributed by atoms with Crippen molar-refractivity contribution < 1.29 is 0 Å². The first-order valence-corrected chi connectivity index (χ1v) is 29.7. The molecule has 402 valence electrons. The summed E-state index contributed by atoms with van der Waals surface area (Å²) in [4.78, 5) is 0. The van der Waals surface area contributed by atoms with E-state index >= 15 is 0 Å². The topological polar surface area (TPSA) is 9.86 Å². The summed E-state index contributed by atoms with van der Waals surface area (Å²) in [5.41, 5.74) is 28.0. The van der Waals surface area contributed by atoms with Gasteiger partial charge in [-0.25, -0.2) is 0 Å². The second-order valence-corrected chi connectivity index (χ2v) is 22.3. The molecule has 0 bridgehead atoms. The fourth-order valence-corrected chi connectivity index (χ4v) is 13.4. The molecule has 0 amide bonds. The molecule has 14 aromatic carbocycles. The second-order valence-electron chi connectivity index (χ2n) is 22.3. The maximum Gasteiger partial charge on any atom is 0.0781 e. The number of nitrogens with zero attached hydrogens (tertiary/aromatic N) is 2. The zero-order valence-electron chi connectivity index (χ0n) is 47.2. The van der Waals surface area contributed by atoms with Gasteiger partial charge < -0.3 is 9.13 Å². The van der Waals surface area contributed by atoms with Gasteiger partial charge in [0.15, 0.2) is 0 Å². The monoisotopic (exact) mass is 1090 g/mol. The van der Waals surface area contributed by atoms with Gasteiger partial charge in [0, 0.05) is 27.1 Å². The molecule has 0 aliphatic carbocycles. The van der Waals surface area contributed by atoms with E-state index in [1.807, 2.05) is 0 Å². The molecule has 0 atom stereocenters. The van der Waals surface area contributed by atoms with Gasteiger partial charge in [-0.2, -0.15) is 0 Å². The van der Waals surface area contributed by atoms with E-state index < -0.39 is 0 Å². The Hall–Kier alpha value is -11.3. The Kier molecular flexibility index (Phi) is 12.6. The Labute approximate surface area is 501 Å². The predicted octanol–water partition coefficient (Wildman–Crippen LogP) is 22.9. The third kappa shape index (κ3) is 8.74. The van der Waals surface area contributed by atoms with Crippen LogP contribution in [0.3, 0.4) is 0 Å². The average Bonchev–Trinajstić information content (AvgIpc) is 1.65. The first-order valence-electron chi connectivity index (χ1n) is 29.7. The fourth-order valence-electron chi connectivity index (χ4n) is 13.4. The van der Waals surface area contributed by atoms with Crippen molar-refractivity contribution >= 4 is 43.6 Å². The summed E-state index contributed by atoms with van der Waals surface area (Å²) in [6, 6.07) is 125. The molecular formula is C84H56N2. The number of benzene rings is 14. The van der Waals surface area contributed by atoms with Gasteiger partial charge in [-0.3, -0.25) is 0 Å². The Morgan fingerprint density at radius 3 is 0.651 bits per heavy atom. The minimum absolute atomic E-state index is 1.08. The van der Waals surface area contributed by atoms with Crippen LogP contribution in [0.15, 0.2) is 340 Å². The highest BCUT2D eigenvalue weighted by Gasteiger charge is 2.25. The lowest BCUT2D eigenvalue weighted by Crippen LogP contribution is -2.05. The number of rotatable bonds is 11. The summed E-state index contributed by atoms with van der Waals surface area (Å²) in [5.74, 6) is 0. The summed E-state index contributed by atoms with van der Waals surface area (Å²) in [6.07, 6.45) is 0. The molecule has 2 nitrogen and oxygen atoms in total. The fraction of sp³-hybridized carbons (Fsp3) is 0. The molecule has 16 rings (SSSR count). The van der Waals surface area contributed by atoms with Gasteiger partial charge in [-0.05, 0) is 149 Å². The molecule has 0 N–H and O–H groups in total. The molecule has 0 radical (unpaired) electrons. The lowest BCUT2D eigenvalue weighted by molar-refractivity contribution is 1.10. The summed E-state index contributed by atoms with van der Waals surface area (Å²) in [5, 5.41) is 4.72. The number of hydrogen-bond donors (Lipinski definition) is 0. The third-order valence-corrected chi connectivity index (χ3v) is 17.4. The highest BCUT2D eigenvalue weighted by molar-refractivity contribution is 6.15. The van der Waals surface area contributed by atoms with Crippen molar-refractivity contribution in [1.82, 2.24) is 9.13 Å². The van der Waals surface area contributed by atoms with Crippen molar-refractivity contribution in [2.75, 3.05) is 0 Å². The SMILES string of the molecule is c1ccc(-c2ccccc2-c2ccc3c(c2)c2cc(-c4ccccc4-c4ccccc4)ccc2n3-c2cccc(-c3ccccc3)c2-n2c3ccc(-c4ccccc4-c4ccccc4)cc3c3cc(-c4ccccc4-c4ccccc4)ccc32)cc1. The molecule has 2 aromatic heterocycles. The van der Waals surface area contributed by atoms with Gasteiger partial charge in [0.05, 0.1) is 33.4 Å². The molecule has 0 aliphatic rings. The molecule has 0 saturated carbocycles. The maximum absolute atomic E-state index is 2.56. The van der Waals surface area contributed by atoms with Crippen molar-refractivity contribution in [3.05, 3.63) is 340 Å². The number of hydrogen-bond acceptors (Lipinski definition) is 0. The molecule has 86 heavy (non-hydrogen) atoms. The van der Waals surface area contributed by atoms with Gasteiger partial charge in [0.1, 0.15) is 0 Å². The number of fused-ring (bicyclic) bond motifs is 6. The highest BCUT2D eigenvalue weighted by Crippen LogP contribution is 2.47. The smallest absolute Gasteiger partial charge is 0.0781 e. The van der Waals surface area contributed by atoms with Crippen LogP contribution in [-0.2, 0) is 0 Å². The van der Waals surface area contributed by atoms with Crippen LogP contribution in [0.25, 0.3) is 155 Å². The van der Waals surface area contributed by atoms with Gasteiger partial charge in [-0.15, -0.1) is 0 Å². The molecular weight excluding hydrogens is 1040 g/mol. The Morgan fingerprint density at radius 2 is 0.372 bits per heavy atom. The summed E-state index contributed by atoms with van der Waals surface area (Å²) in [7, 11) is 0. The molecule has 2 heteroatoms. The summed E-state index contributed by atoms with van der Waals surface area (Å²) < 4.78 is 5.10. The van der Waals surface area contributed by atoms with Crippen molar-refractivity contribution in [3.8, 4) is 112 Å². The Morgan fingerprint density at radius 1 is 0.151 bits per heavy atom. The standard InChI is InChI=1S/C84H56N2/c1-6-25-57(26-7-1)66-35-16-20-39-70(66)62-45-49-79-75(53-62)76-54-63(71-40-21-17-36-67(71)58-27-8-2-9-28-58)46-50-80(76)85(79)83-44-24-43-74(61-33-14-5-15-34-61)84(83)86-81-51-47-64(72-41-22-18-37-68(72)59-29-10-3-11-30-59)55-77(81)78-56-65(48-52-82(78)86)73-42-23-19-38-69(73)60-31-12-4-13-32-60/h1-56H. The molecule has 0 unspecified atom stereocenters. The minimum atomic E-state index is 1.08. The molecule has 16 aromatic rings. The third-order valence-electron chi connectivity index (χ3n) is 17.4. The van der Waals surface area contributed by atoms with Crippen molar-refractivity contribution in [2.24, 2.45) is 0 Å². The first-order chi connectivity index (χ1) is 42.7. The van der Waals surface area contributed by atoms with Crippen LogP contribution < -0.4 is 0 Å². The van der Waals surface area contributed by atoms with Crippen LogP contribution in [0.5, 0.6) is 0 Å². The zero-order chi connectivity index (χ0) is 56.9. The number of para-hydroxylation sites is 1.